The minimum Gasteiger partial charge on any atom is -0.497 e. The van der Waals surface area contributed by atoms with Gasteiger partial charge in [-0.05, 0) is 43.3 Å². The van der Waals surface area contributed by atoms with Crippen molar-refractivity contribution in [2.24, 2.45) is 0 Å². The molecule has 7 nitrogen and oxygen atoms in total. The van der Waals surface area contributed by atoms with Crippen molar-refractivity contribution in [3.63, 3.8) is 0 Å². The Kier molecular flexibility index (Phi) is 4.74. The summed E-state index contributed by atoms with van der Waals surface area (Å²) in [5.74, 6) is 0.559. The summed E-state index contributed by atoms with van der Waals surface area (Å²) in [5.41, 5.74) is 3.85. The maximum absolute atomic E-state index is 12.5. The standard InChI is InChI=1S/C18H19N3O4/c1-12-19-16-6-4-3-5-15(16)18(23)21(12)20-17(22)11-25-14-9-7-13(24-2)8-10-14/h3-10,12,19H,11H2,1-2H3,(H,20,22). The summed E-state index contributed by atoms with van der Waals surface area (Å²) >= 11 is 0. The van der Waals surface area contributed by atoms with Gasteiger partial charge in [0.15, 0.2) is 6.61 Å². The quantitative estimate of drug-likeness (QED) is 0.870. The number of amides is 2. The molecule has 0 saturated carbocycles. The molecule has 130 valence electrons. The first-order valence-corrected chi connectivity index (χ1v) is 7.84. The molecule has 0 fully saturated rings. The van der Waals surface area contributed by atoms with Crippen molar-refractivity contribution in [3.8, 4) is 11.5 Å². The largest absolute Gasteiger partial charge is 0.497 e. The van der Waals surface area contributed by atoms with E-state index >= 15 is 0 Å². The number of nitrogens with zero attached hydrogens (tertiary/aromatic N) is 1. The van der Waals surface area contributed by atoms with Gasteiger partial charge in [0.2, 0.25) is 0 Å². The Morgan fingerprint density at radius 2 is 1.84 bits per heavy atom. The molecule has 0 radical (unpaired) electrons. The minimum atomic E-state index is -0.419. The molecule has 25 heavy (non-hydrogen) atoms. The van der Waals surface area contributed by atoms with Crippen LogP contribution >= 0.6 is 0 Å². The van der Waals surface area contributed by atoms with E-state index in [1.165, 1.54) is 5.01 Å². The van der Waals surface area contributed by atoms with E-state index in [2.05, 4.69) is 10.7 Å². The lowest BCUT2D eigenvalue weighted by Gasteiger charge is -2.35. The fourth-order valence-corrected chi connectivity index (χ4v) is 2.53. The monoisotopic (exact) mass is 341 g/mol. The second kappa shape index (κ2) is 7.12. The van der Waals surface area contributed by atoms with Crippen molar-refractivity contribution in [1.29, 1.82) is 0 Å². The number of benzene rings is 2. The van der Waals surface area contributed by atoms with Gasteiger partial charge in [-0.1, -0.05) is 12.1 Å². The van der Waals surface area contributed by atoms with Crippen molar-refractivity contribution < 1.29 is 19.1 Å². The topological polar surface area (TPSA) is 79.9 Å². The molecule has 1 heterocycles. The summed E-state index contributed by atoms with van der Waals surface area (Å²) < 4.78 is 10.5. The first kappa shape index (κ1) is 16.6. The molecule has 2 N–H and O–H groups in total. The fourth-order valence-electron chi connectivity index (χ4n) is 2.53. The number of methoxy groups -OCH3 is 1. The van der Waals surface area contributed by atoms with Gasteiger partial charge in [-0.25, -0.2) is 5.01 Å². The molecule has 1 aliphatic heterocycles. The summed E-state index contributed by atoms with van der Waals surface area (Å²) in [4.78, 5) is 24.7. The van der Waals surface area contributed by atoms with Crippen molar-refractivity contribution in [2.45, 2.75) is 13.1 Å². The number of anilines is 1. The Hall–Kier alpha value is -3.22. The number of hydrogen-bond acceptors (Lipinski definition) is 5. The number of hydrazine groups is 1. The normalized spacial score (nSPS) is 15.8. The summed E-state index contributed by atoms with van der Waals surface area (Å²) in [6, 6.07) is 14.1. The average molecular weight is 341 g/mol. The smallest absolute Gasteiger partial charge is 0.276 e. The van der Waals surface area contributed by atoms with Crippen LogP contribution in [0.5, 0.6) is 11.5 Å². The molecule has 0 bridgehead atoms. The average Bonchev–Trinajstić information content (AvgIpc) is 2.64. The second-order valence-corrected chi connectivity index (χ2v) is 5.54. The summed E-state index contributed by atoms with van der Waals surface area (Å²) in [7, 11) is 1.58. The van der Waals surface area contributed by atoms with Crippen molar-refractivity contribution in [1.82, 2.24) is 10.4 Å². The molecule has 2 aromatic carbocycles. The highest BCUT2D eigenvalue weighted by Gasteiger charge is 2.30. The third-order valence-corrected chi connectivity index (χ3v) is 3.80. The SMILES string of the molecule is COc1ccc(OCC(=O)NN2C(=O)c3ccccc3NC2C)cc1. The van der Waals surface area contributed by atoms with Crippen LogP contribution < -0.4 is 20.2 Å². The van der Waals surface area contributed by atoms with E-state index in [1.54, 1.807) is 50.4 Å². The van der Waals surface area contributed by atoms with E-state index in [0.29, 0.717) is 17.1 Å². The first-order valence-electron chi connectivity index (χ1n) is 7.84. The molecule has 7 heteroatoms. The van der Waals surface area contributed by atoms with Gasteiger partial charge in [0.1, 0.15) is 17.7 Å². The van der Waals surface area contributed by atoms with Gasteiger partial charge in [-0.3, -0.25) is 15.0 Å². The molecule has 3 rings (SSSR count). The van der Waals surface area contributed by atoms with Gasteiger partial charge in [-0.15, -0.1) is 0 Å². The second-order valence-electron chi connectivity index (χ2n) is 5.54. The number of para-hydroxylation sites is 1. The minimum absolute atomic E-state index is 0.204. The summed E-state index contributed by atoms with van der Waals surface area (Å²) in [5, 5.41) is 4.43. The third kappa shape index (κ3) is 3.65. The molecule has 0 aromatic heterocycles. The number of ether oxygens (including phenoxy) is 2. The van der Waals surface area contributed by atoms with Crippen LogP contribution in [0, 0.1) is 0 Å². The zero-order chi connectivity index (χ0) is 17.8. The van der Waals surface area contributed by atoms with Gasteiger partial charge in [0.25, 0.3) is 11.8 Å². The highest BCUT2D eigenvalue weighted by molar-refractivity contribution is 6.02. The molecular formula is C18H19N3O4. The lowest BCUT2D eigenvalue weighted by atomic mass is 10.1. The van der Waals surface area contributed by atoms with E-state index < -0.39 is 5.91 Å². The Morgan fingerprint density at radius 1 is 1.16 bits per heavy atom. The molecule has 2 amide bonds. The Labute approximate surface area is 145 Å². The van der Waals surface area contributed by atoms with E-state index in [9.17, 15) is 9.59 Å². The zero-order valence-electron chi connectivity index (χ0n) is 14.0. The lowest BCUT2D eigenvalue weighted by molar-refractivity contribution is -0.127. The number of fused-ring (bicyclic) bond motifs is 1. The van der Waals surface area contributed by atoms with Gasteiger partial charge >= 0.3 is 0 Å². The van der Waals surface area contributed by atoms with Crippen LogP contribution in [0.4, 0.5) is 5.69 Å². The molecule has 0 saturated heterocycles. The highest BCUT2D eigenvalue weighted by atomic mass is 16.5. The third-order valence-electron chi connectivity index (χ3n) is 3.80. The van der Waals surface area contributed by atoms with Gasteiger partial charge in [0.05, 0.1) is 12.7 Å². The van der Waals surface area contributed by atoms with Crippen LogP contribution in [0.15, 0.2) is 48.5 Å². The number of rotatable bonds is 5. The predicted octanol–water partition coefficient (Wildman–Crippen LogP) is 2.02. The molecule has 0 spiro atoms. The van der Waals surface area contributed by atoms with Gasteiger partial charge in [0, 0.05) is 5.69 Å². The van der Waals surface area contributed by atoms with Crippen LogP contribution in [-0.2, 0) is 4.79 Å². The Morgan fingerprint density at radius 3 is 2.56 bits per heavy atom. The van der Waals surface area contributed by atoms with E-state index in [1.807, 2.05) is 12.1 Å². The Balaban J connectivity index is 1.59. The predicted molar refractivity (Wildman–Crippen MR) is 92.3 cm³/mol. The molecular weight excluding hydrogens is 322 g/mol. The van der Waals surface area contributed by atoms with Crippen molar-refractivity contribution in [3.05, 3.63) is 54.1 Å². The van der Waals surface area contributed by atoms with Crippen LogP contribution in [0.2, 0.25) is 0 Å². The zero-order valence-corrected chi connectivity index (χ0v) is 14.0. The highest BCUT2D eigenvalue weighted by Crippen LogP contribution is 2.23. The van der Waals surface area contributed by atoms with Crippen molar-refractivity contribution in [2.75, 3.05) is 19.0 Å². The number of nitrogens with one attached hydrogen (secondary N) is 2. The van der Waals surface area contributed by atoms with Crippen LogP contribution in [0.25, 0.3) is 0 Å². The number of hydrogen-bond donors (Lipinski definition) is 2. The molecule has 2 aromatic rings. The molecule has 0 aliphatic carbocycles. The summed E-state index contributed by atoms with van der Waals surface area (Å²) in [6.07, 6.45) is -0.368. The van der Waals surface area contributed by atoms with E-state index in [0.717, 1.165) is 5.69 Å². The summed E-state index contributed by atoms with van der Waals surface area (Å²) in [6.45, 7) is 1.59. The Bertz CT molecular complexity index is 776. The maximum atomic E-state index is 12.5. The van der Waals surface area contributed by atoms with Gasteiger partial charge in [-0.2, -0.15) is 0 Å². The van der Waals surface area contributed by atoms with E-state index in [4.69, 9.17) is 9.47 Å². The molecule has 1 unspecified atom stereocenters. The van der Waals surface area contributed by atoms with Gasteiger partial charge < -0.3 is 14.8 Å². The van der Waals surface area contributed by atoms with Crippen molar-refractivity contribution >= 4 is 17.5 Å². The number of carbonyl (C=O) groups excluding carboxylic acids is 2. The van der Waals surface area contributed by atoms with Crippen LogP contribution in [0.3, 0.4) is 0 Å². The molecule has 1 atom stereocenters. The first-order chi connectivity index (χ1) is 12.1. The van der Waals surface area contributed by atoms with Crippen LogP contribution in [-0.4, -0.2) is 36.7 Å². The maximum Gasteiger partial charge on any atom is 0.276 e. The van der Waals surface area contributed by atoms with Crippen LogP contribution in [0.1, 0.15) is 17.3 Å². The lowest BCUT2D eigenvalue weighted by Crippen LogP contribution is -2.56. The van der Waals surface area contributed by atoms with E-state index in [-0.39, 0.29) is 18.7 Å². The number of carbonyl (C=O) groups is 2. The fraction of sp³-hybridized carbons (Fsp3) is 0.222. The molecule has 1 aliphatic rings.